The summed E-state index contributed by atoms with van der Waals surface area (Å²) in [5, 5.41) is 0. The fourth-order valence-corrected chi connectivity index (χ4v) is 3.74. The lowest BCUT2D eigenvalue weighted by Gasteiger charge is -2.30. The molecule has 2 aromatic rings. The minimum absolute atomic E-state index is 0.296. The predicted molar refractivity (Wildman–Crippen MR) is 109 cm³/mol. The minimum atomic E-state index is -0.657. The van der Waals surface area contributed by atoms with Crippen LogP contribution < -0.4 is 0 Å². The van der Waals surface area contributed by atoms with Gasteiger partial charge in [-0.25, -0.2) is 14.0 Å². The van der Waals surface area contributed by atoms with Crippen molar-refractivity contribution in [1.82, 2.24) is 4.90 Å². The van der Waals surface area contributed by atoms with Gasteiger partial charge < -0.3 is 14.4 Å². The first-order valence-electron chi connectivity index (χ1n) is 8.79. The summed E-state index contributed by atoms with van der Waals surface area (Å²) in [6.45, 7) is 0.337. The largest absolute Gasteiger partial charge is 0.466 e. The van der Waals surface area contributed by atoms with Gasteiger partial charge in [0.15, 0.2) is 0 Å². The molecule has 0 fully saturated rings. The number of benzene rings is 2. The SMILES string of the molecule is COC(=O)C1=CN(Cc2ccc(F)cc2)C=C(C(=O)OC)C1c1ccccc1Br. The van der Waals surface area contributed by atoms with E-state index in [0.29, 0.717) is 17.7 Å². The molecule has 0 atom stereocenters. The van der Waals surface area contributed by atoms with Crippen molar-refractivity contribution in [3.8, 4) is 0 Å². The number of methoxy groups -OCH3 is 2. The molecule has 0 amide bonds. The fourth-order valence-electron chi connectivity index (χ4n) is 3.22. The molecule has 5 nitrogen and oxygen atoms in total. The van der Waals surface area contributed by atoms with E-state index in [9.17, 15) is 14.0 Å². The molecule has 0 saturated heterocycles. The number of hydrogen-bond donors (Lipinski definition) is 0. The summed E-state index contributed by atoms with van der Waals surface area (Å²) in [5.74, 6) is -2.10. The Labute approximate surface area is 176 Å². The van der Waals surface area contributed by atoms with Crippen LogP contribution in [0.1, 0.15) is 17.0 Å². The number of hydrogen-bond acceptors (Lipinski definition) is 5. The van der Waals surface area contributed by atoms with Gasteiger partial charge in [0.25, 0.3) is 0 Å². The van der Waals surface area contributed by atoms with E-state index >= 15 is 0 Å². The van der Waals surface area contributed by atoms with Gasteiger partial charge in [-0.2, -0.15) is 0 Å². The van der Waals surface area contributed by atoms with E-state index < -0.39 is 17.9 Å². The van der Waals surface area contributed by atoms with Crippen molar-refractivity contribution in [2.75, 3.05) is 14.2 Å². The monoisotopic (exact) mass is 459 g/mol. The number of halogens is 2. The van der Waals surface area contributed by atoms with E-state index in [-0.39, 0.29) is 5.82 Å². The van der Waals surface area contributed by atoms with Gasteiger partial charge >= 0.3 is 11.9 Å². The maximum absolute atomic E-state index is 13.2. The van der Waals surface area contributed by atoms with Gasteiger partial charge in [0.05, 0.1) is 31.3 Å². The molecule has 0 bridgehead atoms. The van der Waals surface area contributed by atoms with Crippen molar-refractivity contribution in [2.45, 2.75) is 12.5 Å². The molecule has 3 rings (SSSR count). The third-order valence-electron chi connectivity index (χ3n) is 4.57. The normalized spacial score (nSPS) is 14.1. The number of carbonyl (C=O) groups excluding carboxylic acids is 2. The average molecular weight is 460 g/mol. The number of esters is 2. The quantitative estimate of drug-likeness (QED) is 0.623. The van der Waals surface area contributed by atoms with Crippen molar-refractivity contribution in [2.24, 2.45) is 0 Å². The van der Waals surface area contributed by atoms with Crippen molar-refractivity contribution in [1.29, 1.82) is 0 Å². The summed E-state index contributed by atoms with van der Waals surface area (Å²) in [5.41, 5.74) is 2.14. The molecule has 0 saturated carbocycles. The lowest BCUT2D eigenvalue weighted by atomic mass is 9.83. The molecule has 150 valence electrons. The van der Waals surface area contributed by atoms with E-state index in [1.165, 1.54) is 26.4 Å². The van der Waals surface area contributed by atoms with Gasteiger partial charge in [-0.15, -0.1) is 0 Å². The molecule has 0 unspecified atom stereocenters. The smallest absolute Gasteiger partial charge is 0.336 e. The Kier molecular flexibility index (Phi) is 6.49. The highest BCUT2D eigenvalue weighted by Gasteiger charge is 2.36. The highest BCUT2D eigenvalue weighted by Crippen LogP contribution is 2.40. The molecule has 0 N–H and O–H groups in total. The molecule has 2 aromatic carbocycles. The number of nitrogens with zero attached hydrogens (tertiary/aromatic N) is 1. The Morgan fingerprint density at radius 2 is 1.52 bits per heavy atom. The third kappa shape index (κ3) is 4.56. The molecule has 29 heavy (non-hydrogen) atoms. The van der Waals surface area contributed by atoms with E-state index in [0.717, 1.165) is 15.6 Å². The Morgan fingerprint density at radius 3 is 2.03 bits per heavy atom. The van der Waals surface area contributed by atoms with Crippen LogP contribution in [-0.2, 0) is 25.6 Å². The van der Waals surface area contributed by atoms with Crippen LogP contribution in [0, 0.1) is 5.82 Å². The van der Waals surface area contributed by atoms with E-state index in [4.69, 9.17) is 9.47 Å². The molecule has 0 aromatic heterocycles. The number of carbonyl (C=O) groups is 2. The molecule has 1 aliphatic heterocycles. The lowest BCUT2D eigenvalue weighted by molar-refractivity contribution is -0.137. The first-order valence-corrected chi connectivity index (χ1v) is 9.58. The van der Waals surface area contributed by atoms with Gasteiger partial charge in [-0.05, 0) is 29.3 Å². The first-order chi connectivity index (χ1) is 13.9. The molecular weight excluding hydrogens is 441 g/mol. The van der Waals surface area contributed by atoms with Crippen molar-refractivity contribution in [3.05, 3.63) is 93.5 Å². The van der Waals surface area contributed by atoms with Crippen LogP contribution in [0.4, 0.5) is 4.39 Å². The zero-order valence-electron chi connectivity index (χ0n) is 15.9. The Hall–Kier alpha value is -2.93. The molecule has 0 aliphatic carbocycles. The summed E-state index contributed by atoms with van der Waals surface area (Å²) in [6, 6.07) is 13.4. The molecule has 0 spiro atoms. The maximum Gasteiger partial charge on any atom is 0.336 e. The summed E-state index contributed by atoms with van der Waals surface area (Å²) in [6.07, 6.45) is 3.29. The summed E-state index contributed by atoms with van der Waals surface area (Å²) >= 11 is 3.50. The van der Waals surface area contributed by atoms with Crippen LogP contribution in [-0.4, -0.2) is 31.1 Å². The van der Waals surface area contributed by atoms with Crippen LogP contribution in [0.3, 0.4) is 0 Å². The van der Waals surface area contributed by atoms with Crippen LogP contribution in [0.25, 0.3) is 0 Å². The molecule has 0 radical (unpaired) electrons. The maximum atomic E-state index is 13.2. The second-order valence-corrected chi connectivity index (χ2v) is 7.26. The van der Waals surface area contributed by atoms with E-state index in [1.807, 2.05) is 24.3 Å². The van der Waals surface area contributed by atoms with Gasteiger partial charge in [0.1, 0.15) is 5.82 Å². The average Bonchev–Trinajstić information content (AvgIpc) is 2.74. The fraction of sp³-hybridized carbons (Fsp3) is 0.182. The highest BCUT2D eigenvalue weighted by molar-refractivity contribution is 9.10. The van der Waals surface area contributed by atoms with E-state index in [2.05, 4.69) is 15.9 Å². The standard InChI is InChI=1S/C22H19BrFNO4/c1-28-21(26)17-12-25(11-14-7-9-15(24)10-8-14)13-18(22(27)29-2)20(17)16-5-3-4-6-19(16)23/h3-10,12-13,20H,11H2,1-2H3. The van der Waals surface area contributed by atoms with Crippen molar-refractivity contribution in [3.63, 3.8) is 0 Å². The van der Waals surface area contributed by atoms with Gasteiger partial charge in [0.2, 0.25) is 0 Å². The number of rotatable bonds is 5. The van der Waals surface area contributed by atoms with Crippen LogP contribution in [0.2, 0.25) is 0 Å². The Balaban J connectivity index is 2.08. The summed E-state index contributed by atoms with van der Waals surface area (Å²) < 4.78 is 23.9. The molecule has 1 heterocycles. The van der Waals surface area contributed by atoms with Gasteiger partial charge in [-0.3, -0.25) is 0 Å². The second-order valence-electron chi connectivity index (χ2n) is 6.41. The van der Waals surface area contributed by atoms with Crippen LogP contribution in [0.15, 0.2) is 76.5 Å². The van der Waals surface area contributed by atoms with Crippen molar-refractivity contribution >= 4 is 27.9 Å². The van der Waals surface area contributed by atoms with Gasteiger partial charge in [0, 0.05) is 23.4 Å². The minimum Gasteiger partial charge on any atom is -0.466 e. The first kappa shape index (κ1) is 20.8. The lowest BCUT2D eigenvalue weighted by Crippen LogP contribution is -2.28. The highest BCUT2D eigenvalue weighted by atomic mass is 79.9. The number of ether oxygens (including phenoxy) is 2. The second kappa shape index (κ2) is 9.05. The molecule has 1 aliphatic rings. The van der Waals surface area contributed by atoms with Crippen LogP contribution in [0.5, 0.6) is 0 Å². The zero-order chi connectivity index (χ0) is 21.0. The predicted octanol–water partition coefficient (Wildman–Crippen LogP) is 4.30. The summed E-state index contributed by atoms with van der Waals surface area (Å²) in [4.78, 5) is 26.9. The van der Waals surface area contributed by atoms with Gasteiger partial charge in [-0.1, -0.05) is 46.3 Å². The zero-order valence-corrected chi connectivity index (χ0v) is 17.5. The molecular formula is C22H19BrFNO4. The van der Waals surface area contributed by atoms with E-state index in [1.54, 1.807) is 29.4 Å². The topological polar surface area (TPSA) is 55.8 Å². The van der Waals surface area contributed by atoms with Crippen molar-refractivity contribution < 1.29 is 23.5 Å². The molecule has 7 heteroatoms. The Morgan fingerprint density at radius 1 is 0.966 bits per heavy atom. The summed E-state index contributed by atoms with van der Waals surface area (Å²) in [7, 11) is 2.58. The van der Waals surface area contributed by atoms with Crippen LogP contribution >= 0.6 is 15.9 Å². The Bertz CT molecular complexity index is 951. The third-order valence-corrected chi connectivity index (χ3v) is 5.29.